The zero-order valence-corrected chi connectivity index (χ0v) is 17.1. The number of halogens is 1. The number of hydrogen-bond donors (Lipinski definition) is 4. The van der Waals surface area contributed by atoms with E-state index in [-0.39, 0.29) is 12.4 Å². The predicted octanol–water partition coefficient (Wildman–Crippen LogP) is 2.83. The van der Waals surface area contributed by atoms with E-state index in [2.05, 4.69) is 25.9 Å². The van der Waals surface area contributed by atoms with Crippen LogP contribution in [0.15, 0.2) is 53.8 Å². The molecule has 1 amide bonds. The molecule has 156 valence electrons. The van der Waals surface area contributed by atoms with Gasteiger partial charge in [0.25, 0.3) is 5.91 Å². The van der Waals surface area contributed by atoms with Gasteiger partial charge in [0.05, 0.1) is 18.3 Å². The lowest BCUT2D eigenvalue weighted by atomic mass is 9.85. The van der Waals surface area contributed by atoms with Gasteiger partial charge >= 0.3 is 5.97 Å². The van der Waals surface area contributed by atoms with Gasteiger partial charge in [-0.3, -0.25) is 19.9 Å². The van der Waals surface area contributed by atoms with E-state index < -0.39 is 23.5 Å². The standard InChI is InChI=1S/C20H21ClN6O3/c1-20(2,10-16(28)29)18(26-17(30)13-5-7-14(21)8-6-13)27-19(24-12-22)25-15-4-3-9-23-11-15/h3-9,11,18H,10H2,1-2H3,(H,26,30)(H,28,29)(H2,24,25,27). The molecule has 1 aromatic carbocycles. The minimum atomic E-state index is -1.05. The van der Waals surface area contributed by atoms with Gasteiger partial charge in [0, 0.05) is 22.2 Å². The zero-order chi connectivity index (χ0) is 22.1. The Labute approximate surface area is 178 Å². The summed E-state index contributed by atoms with van der Waals surface area (Å²) in [6.07, 6.45) is 3.64. The molecule has 0 saturated carbocycles. The van der Waals surface area contributed by atoms with Gasteiger partial charge in [0.1, 0.15) is 6.17 Å². The van der Waals surface area contributed by atoms with Crippen LogP contribution in [0.2, 0.25) is 5.02 Å². The molecule has 1 aromatic heterocycles. The Kier molecular flexibility index (Phi) is 7.72. The SMILES string of the molecule is CC(C)(CC(=O)O)C(N=C(NC#N)Nc1cccnc1)NC(=O)c1ccc(Cl)cc1. The van der Waals surface area contributed by atoms with Crippen LogP contribution in [-0.4, -0.2) is 34.1 Å². The first-order valence-electron chi connectivity index (χ1n) is 8.89. The van der Waals surface area contributed by atoms with Gasteiger partial charge in [-0.25, -0.2) is 4.99 Å². The number of benzene rings is 1. The molecule has 1 unspecified atom stereocenters. The lowest BCUT2D eigenvalue weighted by molar-refractivity contribution is -0.139. The number of pyridine rings is 1. The van der Waals surface area contributed by atoms with Gasteiger partial charge in [-0.15, -0.1) is 0 Å². The van der Waals surface area contributed by atoms with Crippen molar-refractivity contribution in [2.24, 2.45) is 10.4 Å². The van der Waals surface area contributed by atoms with Crippen LogP contribution in [-0.2, 0) is 4.79 Å². The number of aliphatic imine (C=N–C) groups is 1. The van der Waals surface area contributed by atoms with Crippen molar-refractivity contribution >= 4 is 35.1 Å². The number of carbonyl (C=O) groups excluding carboxylic acids is 1. The van der Waals surface area contributed by atoms with Crippen LogP contribution < -0.4 is 16.0 Å². The smallest absolute Gasteiger partial charge is 0.304 e. The molecule has 0 aliphatic rings. The van der Waals surface area contributed by atoms with Crippen LogP contribution in [0.5, 0.6) is 0 Å². The minimum absolute atomic E-state index is 0.0327. The van der Waals surface area contributed by atoms with Gasteiger partial charge < -0.3 is 15.7 Å². The molecule has 0 saturated heterocycles. The fourth-order valence-electron chi connectivity index (χ4n) is 2.55. The first-order chi connectivity index (χ1) is 14.2. The Morgan fingerprint density at radius 2 is 2.00 bits per heavy atom. The molecule has 2 rings (SSSR count). The Balaban J connectivity index is 2.36. The second-order valence-corrected chi connectivity index (χ2v) is 7.46. The minimum Gasteiger partial charge on any atom is -0.481 e. The molecule has 0 spiro atoms. The lowest BCUT2D eigenvalue weighted by Crippen LogP contribution is -2.46. The summed E-state index contributed by atoms with van der Waals surface area (Å²) < 4.78 is 0. The van der Waals surface area contributed by atoms with E-state index in [0.29, 0.717) is 16.3 Å². The summed E-state index contributed by atoms with van der Waals surface area (Å²) in [5.74, 6) is -1.47. The van der Waals surface area contributed by atoms with Crippen LogP contribution >= 0.6 is 11.6 Å². The largest absolute Gasteiger partial charge is 0.481 e. The summed E-state index contributed by atoms with van der Waals surface area (Å²) in [5.41, 5.74) is -0.0917. The van der Waals surface area contributed by atoms with Crippen molar-refractivity contribution < 1.29 is 14.7 Å². The van der Waals surface area contributed by atoms with Gasteiger partial charge in [-0.2, -0.15) is 5.26 Å². The summed E-state index contributed by atoms with van der Waals surface area (Å²) in [7, 11) is 0. The highest BCUT2D eigenvalue weighted by Gasteiger charge is 2.34. The van der Waals surface area contributed by atoms with E-state index in [1.807, 2.05) is 0 Å². The molecule has 4 N–H and O–H groups in total. The Morgan fingerprint density at radius 1 is 1.30 bits per heavy atom. The van der Waals surface area contributed by atoms with Gasteiger partial charge in [-0.1, -0.05) is 25.4 Å². The van der Waals surface area contributed by atoms with Crippen LogP contribution in [0.25, 0.3) is 0 Å². The summed E-state index contributed by atoms with van der Waals surface area (Å²) >= 11 is 5.86. The molecular weight excluding hydrogens is 408 g/mol. The number of aromatic nitrogens is 1. The fourth-order valence-corrected chi connectivity index (χ4v) is 2.67. The molecular formula is C20H21ClN6O3. The second kappa shape index (κ2) is 10.2. The van der Waals surface area contributed by atoms with Gasteiger partial charge in [0.15, 0.2) is 6.19 Å². The van der Waals surface area contributed by atoms with E-state index in [0.717, 1.165) is 0 Å². The third-order valence-corrected chi connectivity index (χ3v) is 4.33. The van der Waals surface area contributed by atoms with Crippen molar-refractivity contribution in [2.45, 2.75) is 26.4 Å². The molecule has 10 heteroatoms. The summed E-state index contributed by atoms with van der Waals surface area (Å²) in [6.45, 7) is 3.32. The van der Waals surface area contributed by atoms with Crippen LogP contribution in [0.1, 0.15) is 30.6 Å². The maximum absolute atomic E-state index is 12.7. The number of amides is 1. The number of carbonyl (C=O) groups is 2. The molecule has 0 bridgehead atoms. The molecule has 1 atom stereocenters. The molecule has 0 aliphatic heterocycles. The Morgan fingerprint density at radius 3 is 2.57 bits per heavy atom. The quantitative estimate of drug-likeness (QED) is 0.230. The molecule has 2 aromatic rings. The number of guanidine groups is 1. The number of nitrogens with zero attached hydrogens (tertiary/aromatic N) is 3. The average Bonchev–Trinajstić information content (AvgIpc) is 2.68. The highest BCUT2D eigenvalue weighted by Crippen LogP contribution is 2.27. The second-order valence-electron chi connectivity index (χ2n) is 7.02. The Hall–Kier alpha value is -3.64. The summed E-state index contributed by atoms with van der Waals surface area (Å²) in [6, 6.07) is 9.65. The van der Waals surface area contributed by atoms with Crippen molar-refractivity contribution in [1.82, 2.24) is 15.6 Å². The number of anilines is 1. The van der Waals surface area contributed by atoms with E-state index >= 15 is 0 Å². The highest BCUT2D eigenvalue weighted by molar-refractivity contribution is 6.30. The van der Waals surface area contributed by atoms with E-state index in [1.54, 1.807) is 62.6 Å². The molecule has 9 nitrogen and oxygen atoms in total. The van der Waals surface area contributed by atoms with E-state index in [4.69, 9.17) is 16.9 Å². The number of aliphatic carboxylic acids is 1. The number of hydrogen-bond acceptors (Lipinski definition) is 5. The summed E-state index contributed by atoms with van der Waals surface area (Å²) in [5, 5.41) is 26.9. The fraction of sp³-hybridized carbons (Fsp3) is 0.250. The van der Waals surface area contributed by atoms with E-state index in [1.165, 1.54) is 6.20 Å². The van der Waals surface area contributed by atoms with Crippen molar-refractivity contribution in [3.05, 3.63) is 59.4 Å². The van der Waals surface area contributed by atoms with Crippen molar-refractivity contribution in [1.29, 1.82) is 5.26 Å². The number of carboxylic acid groups (broad SMARTS) is 1. The number of nitriles is 1. The monoisotopic (exact) mass is 428 g/mol. The Bertz CT molecular complexity index is 955. The maximum atomic E-state index is 12.7. The molecule has 30 heavy (non-hydrogen) atoms. The zero-order valence-electron chi connectivity index (χ0n) is 16.4. The maximum Gasteiger partial charge on any atom is 0.304 e. The lowest BCUT2D eigenvalue weighted by Gasteiger charge is -2.31. The van der Waals surface area contributed by atoms with Gasteiger partial charge in [-0.05, 0) is 36.4 Å². The average molecular weight is 429 g/mol. The first kappa shape index (κ1) is 22.6. The predicted molar refractivity (Wildman–Crippen MR) is 113 cm³/mol. The summed E-state index contributed by atoms with van der Waals surface area (Å²) in [4.78, 5) is 32.4. The topological polar surface area (TPSA) is 140 Å². The third-order valence-electron chi connectivity index (χ3n) is 4.08. The van der Waals surface area contributed by atoms with Crippen molar-refractivity contribution in [3.8, 4) is 6.19 Å². The number of rotatable bonds is 7. The highest BCUT2D eigenvalue weighted by atomic mass is 35.5. The number of nitrogens with one attached hydrogen (secondary N) is 3. The first-order valence-corrected chi connectivity index (χ1v) is 9.27. The van der Waals surface area contributed by atoms with Crippen molar-refractivity contribution in [2.75, 3.05) is 5.32 Å². The van der Waals surface area contributed by atoms with Crippen molar-refractivity contribution in [3.63, 3.8) is 0 Å². The van der Waals surface area contributed by atoms with E-state index in [9.17, 15) is 14.7 Å². The molecule has 1 heterocycles. The normalized spacial score (nSPS) is 12.4. The van der Waals surface area contributed by atoms with Crippen LogP contribution in [0.4, 0.5) is 5.69 Å². The van der Waals surface area contributed by atoms with Crippen LogP contribution in [0.3, 0.4) is 0 Å². The van der Waals surface area contributed by atoms with Gasteiger partial charge in [0.2, 0.25) is 5.96 Å². The van der Waals surface area contributed by atoms with Crippen LogP contribution in [0, 0.1) is 16.9 Å². The number of carboxylic acids is 1. The molecule has 0 aliphatic carbocycles. The molecule has 0 fully saturated rings. The molecule has 0 radical (unpaired) electrons. The third kappa shape index (κ3) is 6.76.